The Morgan fingerprint density at radius 2 is 1.79 bits per heavy atom. The summed E-state index contributed by atoms with van der Waals surface area (Å²) < 4.78 is 0. The summed E-state index contributed by atoms with van der Waals surface area (Å²) in [6, 6.07) is 0.529. The Labute approximate surface area is 120 Å². The molecule has 0 spiro atoms. The van der Waals surface area contributed by atoms with Gasteiger partial charge in [-0.2, -0.15) is 11.8 Å². The van der Waals surface area contributed by atoms with E-state index in [0.717, 1.165) is 23.0 Å². The molecule has 1 heterocycles. The Hall–Kier alpha value is -0.970. The first-order valence-electron chi connectivity index (χ1n) is 6.98. The van der Waals surface area contributed by atoms with Gasteiger partial charge in [0.05, 0.1) is 0 Å². The number of aromatic nitrogens is 2. The molecule has 1 aliphatic rings. The van der Waals surface area contributed by atoms with E-state index >= 15 is 0 Å². The average molecular weight is 280 g/mol. The van der Waals surface area contributed by atoms with Crippen LogP contribution in [0.4, 0.5) is 11.6 Å². The highest BCUT2D eigenvalue weighted by molar-refractivity contribution is 7.99. The minimum absolute atomic E-state index is 0.529. The van der Waals surface area contributed by atoms with Gasteiger partial charge in [0.25, 0.3) is 0 Å². The van der Waals surface area contributed by atoms with Gasteiger partial charge in [-0.1, -0.05) is 12.8 Å². The van der Waals surface area contributed by atoms with E-state index < -0.39 is 0 Å². The van der Waals surface area contributed by atoms with Gasteiger partial charge in [0.2, 0.25) is 0 Å². The minimum Gasteiger partial charge on any atom is -0.373 e. The summed E-state index contributed by atoms with van der Waals surface area (Å²) >= 11 is 1.97. The predicted molar refractivity (Wildman–Crippen MR) is 84.2 cm³/mol. The van der Waals surface area contributed by atoms with E-state index in [9.17, 15) is 0 Å². The summed E-state index contributed by atoms with van der Waals surface area (Å²) in [5.41, 5.74) is 1.11. The number of anilines is 2. The molecule has 0 aromatic carbocycles. The second-order valence-corrected chi connectivity index (χ2v) is 6.23. The molecule has 0 radical (unpaired) electrons. The molecule has 2 atom stereocenters. The molecule has 5 heteroatoms. The SMILES string of the molecule is CNc1nc(C)nc(NC2CCCCC2SC)c1C. The Bertz CT molecular complexity index is 436. The van der Waals surface area contributed by atoms with Crippen LogP contribution in [0.3, 0.4) is 0 Å². The lowest BCUT2D eigenvalue weighted by atomic mass is 9.94. The van der Waals surface area contributed by atoms with Crippen molar-refractivity contribution in [3.05, 3.63) is 11.4 Å². The third-order valence-electron chi connectivity index (χ3n) is 3.82. The molecule has 1 aromatic rings. The molecule has 106 valence electrons. The number of nitrogens with zero attached hydrogens (tertiary/aromatic N) is 2. The van der Waals surface area contributed by atoms with Crippen molar-refractivity contribution >= 4 is 23.4 Å². The average Bonchev–Trinajstić information content (AvgIpc) is 2.43. The fourth-order valence-electron chi connectivity index (χ4n) is 2.73. The van der Waals surface area contributed by atoms with Crippen LogP contribution in [-0.2, 0) is 0 Å². The van der Waals surface area contributed by atoms with Crippen molar-refractivity contribution < 1.29 is 0 Å². The van der Waals surface area contributed by atoms with E-state index in [1.165, 1.54) is 25.7 Å². The van der Waals surface area contributed by atoms with Crippen molar-refractivity contribution in [3.63, 3.8) is 0 Å². The number of rotatable bonds is 4. The van der Waals surface area contributed by atoms with Crippen LogP contribution in [0.1, 0.15) is 37.1 Å². The van der Waals surface area contributed by atoms with Crippen LogP contribution in [-0.4, -0.2) is 34.6 Å². The van der Waals surface area contributed by atoms with Gasteiger partial charge in [0.15, 0.2) is 0 Å². The molecule has 2 rings (SSSR count). The lowest BCUT2D eigenvalue weighted by Gasteiger charge is -2.32. The Balaban J connectivity index is 2.20. The second kappa shape index (κ2) is 6.46. The number of aryl methyl sites for hydroxylation is 1. The van der Waals surface area contributed by atoms with Crippen LogP contribution in [0.5, 0.6) is 0 Å². The van der Waals surface area contributed by atoms with Gasteiger partial charge in [-0.3, -0.25) is 0 Å². The third kappa shape index (κ3) is 3.32. The van der Waals surface area contributed by atoms with Crippen LogP contribution in [0.25, 0.3) is 0 Å². The highest BCUT2D eigenvalue weighted by Crippen LogP contribution is 2.30. The summed E-state index contributed by atoms with van der Waals surface area (Å²) in [5, 5.41) is 7.49. The molecule has 19 heavy (non-hydrogen) atoms. The topological polar surface area (TPSA) is 49.8 Å². The van der Waals surface area contributed by atoms with Crippen molar-refractivity contribution in [1.29, 1.82) is 0 Å². The van der Waals surface area contributed by atoms with E-state index in [1.54, 1.807) is 0 Å². The monoisotopic (exact) mass is 280 g/mol. The molecular weight excluding hydrogens is 256 g/mol. The molecule has 2 unspecified atom stereocenters. The number of nitrogens with one attached hydrogen (secondary N) is 2. The van der Waals surface area contributed by atoms with Crippen LogP contribution in [0.15, 0.2) is 0 Å². The first kappa shape index (κ1) is 14.4. The molecule has 4 nitrogen and oxygen atoms in total. The summed E-state index contributed by atoms with van der Waals surface area (Å²) in [4.78, 5) is 8.99. The Morgan fingerprint density at radius 3 is 2.47 bits per heavy atom. The number of hydrogen-bond donors (Lipinski definition) is 2. The minimum atomic E-state index is 0.529. The highest BCUT2D eigenvalue weighted by atomic mass is 32.2. The standard InChI is InChI=1S/C14H24N4S/c1-9-13(15-3)16-10(2)17-14(9)18-11-7-5-6-8-12(11)19-4/h11-12H,5-8H2,1-4H3,(H2,15,16,17,18). The highest BCUT2D eigenvalue weighted by Gasteiger charge is 2.25. The molecule has 1 aromatic heterocycles. The van der Waals surface area contributed by atoms with E-state index in [0.29, 0.717) is 11.3 Å². The molecule has 2 N–H and O–H groups in total. The summed E-state index contributed by atoms with van der Waals surface area (Å²) in [7, 11) is 1.91. The van der Waals surface area contributed by atoms with Crippen molar-refractivity contribution in [2.75, 3.05) is 23.9 Å². The van der Waals surface area contributed by atoms with Gasteiger partial charge in [-0.25, -0.2) is 9.97 Å². The van der Waals surface area contributed by atoms with Crippen LogP contribution in [0.2, 0.25) is 0 Å². The van der Waals surface area contributed by atoms with E-state index in [-0.39, 0.29) is 0 Å². The van der Waals surface area contributed by atoms with Gasteiger partial charge >= 0.3 is 0 Å². The van der Waals surface area contributed by atoms with E-state index in [4.69, 9.17) is 0 Å². The van der Waals surface area contributed by atoms with Crippen molar-refractivity contribution in [2.24, 2.45) is 0 Å². The smallest absolute Gasteiger partial charge is 0.135 e. The van der Waals surface area contributed by atoms with Crippen molar-refractivity contribution in [2.45, 2.75) is 50.8 Å². The van der Waals surface area contributed by atoms with E-state index in [1.807, 2.05) is 25.7 Å². The molecule has 1 fully saturated rings. The lowest BCUT2D eigenvalue weighted by Crippen LogP contribution is -2.35. The van der Waals surface area contributed by atoms with Crippen LogP contribution in [0, 0.1) is 13.8 Å². The lowest BCUT2D eigenvalue weighted by molar-refractivity contribution is 0.474. The summed E-state index contributed by atoms with van der Waals surface area (Å²) in [5.74, 6) is 2.73. The van der Waals surface area contributed by atoms with E-state index in [2.05, 4.69) is 33.8 Å². The van der Waals surface area contributed by atoms with Crippen molar-refractivity contribution in [1.82, 2.24) is 9.97 Å². The van der Waals surface area contributed by atoms with Crippen LogP contribution < -0.4 is 10.6 Å². The maximum Gasteiger partial charge on any atom is 0.135 e. The zero-order chi connectivity index (χ0) is 13.8. The molecule has 1 saturated carbocycles. The third-order valence-corrected chi connectivity index (χ3v) is 4.99. The summed E-state index contributed by atoms with van der Waals surface area (Å²) in [6.45, 7) is 4.02. The Morgan fingerprint density at radius 1 is 1.11 bits per heavy atom. The van der Waals surface area contributed by atoms with Gasteiger partial charge < -0.3 is 10.6 Å². The van der Waals surface area contributed by atoms with Gasteiger partial charge in [0.1, 0.15) is 17.5 Å². The molecule has 0 saturated heterocycles. The number of thioether (sulfide) groups is 1. The van der Waals surface area contributed by atoms with Gasteiger partial charge in [-0.15, -0.1) is 0 Å². The first-order chi connectivity index (χ1) is 9.15. The zero-order valence-corrected chi connectivity index (χ0v) is 13.1. The fourth-order valence-corrected chi connectivity index (χ4v) is 3.67. The number of hydrogen-bond acceptors (Lipinski definition) is 5. The predicted octanol–water partition coefficient (Wildman–Crippen LogP) is 3.22. The fraction of sp³-hybridized carbons (Fsp3) is 0.714. The van der Waals surface area contributed by atoms with Gasteiger partial charge in [0, 0.05) is 23.9 Å². The zero-order valence-electron chi connectivity index (χ0n) is 12.3. The normalized spacial score (nSPS) is 23.2. The van der Waals surface area contributed by atoms with Gasteiger partial charge in [-0.05, 0) is 32.9 Å². The molecule has 0 bridgehead atoms. The van der Waals surface area contributed by atoms with Crippen LogP contribution >= 0.6 is 11.8 Å². The molecule has 0 amide bonds. The maximum absolute atomic E-state index is 4.57. The summed E-state index contributed by atoms with van der Waals surface area (Å²) in [6.07, 6.45) is 7.43. The Kier molecular flexibility index (Phi) is 4.91. The quantitative estimate of drug-likeness (QED) is 0.887. The largest absolute Gasteiger partial charge is 0.373 e. The second-order valence-electron chi connectivity index (χ2n) is 5.15. The van der Waals surface area contributed by atoms with Crippen molar-refractivity contribution in [3.8, 4) is 0 Å². The maximum atomic E-state index is 4.57. The molecular formula is C14H24N4S. The molecule has 1 aliphatic carbocycles. The molecule has 0 aliphatic heterocycles. The first-order valence-corrected chi connectivity index (χ1v) is 8.26.